The molecule has 45 heavy (non-hydrogen) atoms. The summed E-state index contributed by atoms with van der Waals surface area (Å²) in [7, 11) is 3.27. The second-order valence-corrected chi connectivity index (χ2v) is 10.5. The van der Waals surface area contributed by atoms with Crippen molar-refractivity contribution in [2.75, 3.05) is 40.6 Å². The number of hydrogen-bond acceptors (Lipinski definition) is 7. The molecule has 1 heterocycles. The van der Waals surface area contributed by atoms with E-state index in [9.17, 15) is 4.79 Å². The third kappa shape index (κ3) is 5.64. The summed E-state index contributed by atoms with van der Waals surface area (Å²) < 4.78 is 29.8. The zero-order valence-corrected chi connectivity index (χ0v) is 25.2. The van der Waals surface area contributed by atoms with Gasteiger partial charge in [-0.1, -0.05) is 84.9 Å². The maximum absolute atomic E-state index is 13.7. The van der Waals surface area contributed by atoms with E-state index in [2.05, 4.69) is 24.3 Å². The van der Waals surface area contributed by atoms with Gasteiger partial charge in [0, 0.05) is 33.2 Å². The number of methoxy groups -OCH3 is 2. The van der Waals surface area contributed by atoms with Crippen LogP contribution in [0.3, 0.4) is 0 Å². The fourth-order valence-electron chi connectivity index (χ4n) is 5.88. The molecule has 1 aliphatic rings. The van der Waals surface area contributed by atoms with E-state index in [0.29, 0.717) is 28.4 Å². The van der Waals surface area contributed by atoms with Gasteiger partial charge in [0.2, 0.25) is 0 Å². The van der Waals surface area contributed by atoms with E-state index >= 15 is 0 Å². The predicted octanol–water partition coefficient (Wildman–Crippen LogP) is 6.90. The standard InChI is InChI=1S/C38H34O7/c1-41-29-18-17-26-23-33(37(40)44-22-21-43-20-19-39)32-25-34(30-15-9-10-16-35(30)42-2)38(27-11-5-3-6-12-27,28-13-7-4-8-14-28)45-36(32)31(26)24-29/h3-18,23-25,39H,19-22H2,1-2H3. The van der Waals surface area contributed by atoms with Crippen LogP contribution in [0.25, 0.3) is 22.4 Å². The SMILES string of the molecule is COc1ccc2cc(C(=O)OCCOCCO)c3c(c2c1)OC(c1ccccc1)(c1ccccc1)C(c1ccccc1OC)=C3. The molecule has 5 aromatic rings. The Morgan fingerprint density at radius 3 is 2.13 bits per heavy atom. The molecule has 1 N–H and O–H groups in total. The number of aliphatic hydroxyl groups excluding tert-OH is 1. The third-order valence-corrected chi connectivity index (χ3v) is 7.94. The molecule has 5 aromatic carbocycles. The van der Waals surface area contributed by atoms with Crippen LogP contribution in [-0.4, -0.2) is 51.7 Å². The van der Waals surface area contributed by atoms with Crippen molar-refractivity contribution in [1.29, 1.82) is 0 Å². The summed E-state index contributed by atoms with van der Waals surface area (Å²) in [4.78, 5) is 13.7. The van der Waals surface area contributed by atoms with Crippen molar-refractivity contribution in [3.8, 4) is 17.2 Å². The molecule has 0 bridgehead atoms. The quantitative estimate of drug-likeness (QED) is 0.130. The molecule has 228 valence electrons. The highest BCUT2D eigenvalue weighted by molar-refractivity contribution is 6.08. The lowest BCUT2D eigenvalue weighted by Gasteiger charge is -2.42. The lowest BCUT2D eigenvalue weighted by Crippen LogP contribution is -2.38. The highest BCUT2D eigenvalue weighted by Crippen LogP contribution is 2.54. The highest BCUT2D eigenvalue weighted by atomic mass is 16.6. The van der Waals surface area contributed by atoms with Gasteiger partial charge in [0.1, 0.15) is 23.9 Å². The molecule has 0 fully saturated rings. The van der Waals surface area contributed by atoms with E-state index in [0.717, 1.165) is 33.0 Å². The third-order valence-electron chi connectivity index (χ3n) is 7.94. The summed E-state index contributed by atoms with van der Waals surface area (Å²) in [5.41, 5.74) is 3.25. The molecule has 0 saturated carbocycles. The van der Waals surface area contributed by atoms with Crippen LogP contribution < -0.4 is 14.2 Å². The molecule has 0 spiro atoms. The normalized spacial score (nSPS) is 13.4. The maximum atomic E-state index is 13.7. The zero-order valence-electron chi connectivity index (χ0n) is 25.2. The smallest absolute Gasteiger partial charge is 0.338 e. The van der Waals surface area contributed by atoms with Crippen LogP contribution in [0.2, 0.25) is 0 Å². The van der Waals surface area contributed by atoms with Gasteiger partial charge in [-0.2, -0.15) is 0 Å². The highest BCUT2D eigenvalue weighted by Gasteiger charge is 2.46. The first kappa shape index (κ1) is 29.9. The number of aliphatic hydroxyl groups is 1. The number of carbonyl (C=O) groups is 1. The Bertz CT molecular complexity index is 1790. The summed E-state index contributed by atoms with van der Waals surface area (Å²) in [5, 5.41) is 10.6. The van der Waals surface area contributed by atoms with Gasteiger partial charge >= 0.3 is 5.97 Å². The van der Waals surface area contributed by atoms with Crippen LogP contribution in [0.1, 0.15) is 32.6 Å². The van der Waals surface area contributed by atoms with Crippen molar-refractivity contribution in [3.05, 3.63) is 137 Å². The number of fused-ring (bicyclic) bond motifs is 3. The van der Waals surface area contributed by atoms with Crippen molar-refractivity contribution < 1.29 is 33.6 Å². The van der Waals surface area contributed by atoms with Crippen molar-refractivity contribution in [2.24, 2.45) is 0 Å². The predicted molar refractivity (Wildman–Crippen MR) is 174 cm³/mol. The van der Waals surface area contributed by atoms with E-state index in [4.69, 9.17) is 28.8 Å². The minimum absolute atomic E-state index is 0.0379. The van der Waals surface area contributed by atoms with Gasteiger partial charge in [-0.15, -0.1) is 0 Å². The Hall–Kier alpha value is -5.11. The fourth-order valence-corrected chi connectivity index (χ4v) is 5.88. The average molecular weight is 603 g/mol. The summed E-state index contributed by atoms with van der Waals surface area (Å²) in [5.74, 6) is 1.35. The maximum Gasteiger partial charge on any atom is 0.338 e. The molecular formula is C38H34O7. The number of ether oxygens (including phenoxy) is 5. The molecular weight excluding hydrogens is 568 g/mol. The van der Waals surface area contributed by atoms with Crippen LogP contribution in [0.4, 0.5) is 0 Å². The molecule has 7 heteroatoms. The first-order chi connectivity index (χ1) is 22.1. The molecule has 0 unspecified atom stereocenters. The van der Waals surface area contributed by atoms with Crippen LogP contribution in [0, 0.1) is 0 Å². The molecule has 7 nitrogen and oxygen atoms in total. The average Bonchev–Trinajstić information content (AvgIpc) is 3.11. The Morgan fingerprint density at radius 1 is 0.778 bits per heavy atom. The van der Waals surface area contributed by atoms with E-state index < -0.39 is 11.6 Å². The molecule has 0 amide bonds. The molecule has 1 aliphatic heterocycles. The van der Waals surface area contributed by atoms with Crippen molar-refractivity contribution in [2.45, 2.75) is 5.60 Å². The second kappa shape index (κ2) is 13.3. The number of benzene rings is 5. The number of para-hydroxylation sites is 1. The summed E-state index contributed by atoms with van der Waals surface area (Å²) in [6, 6.07) is 35.4. The largest absolute Gasteiger partial charge is 0.497 e. The molecule has 0 aliphatic carbocycles. The van der Waals surface area contributed by atoms with E-state index in [1.807, 2.05) is 91.0 Å². The molecule has 6 rings (SSSR count). The Balaban J connectivity index is 1.67. The van der Waals surface area contributed by atoms with Gasteiger partial charge in [0.15, 0.2) is 5.60 Å². The molecule has 0 radical (unpaired) electrons. The summed E-state index contributed by atoms with van der Waals surface area (Å²) in [6.45, 7) is 0.276. The second-order valence-electron chi connectivity index (χ2n) is 10.5. The molecule has 0 saturated heterocycles. The van der Waals surface area contributed by atoms with Crippen LogP contribution in [-0.2, 0) is 15.1 Å². The molecule has 0 aromatic heterocycles. The summed E-state index contributed by atoms with van der Waals surface area (Å²) >= 11 is 0. The van der Waals surface area contributed by atoms with Gasteiger partial charge < -0.3 is 28.8 Å². The monoisotopic (exact) mass is 602 g/mol. The van der Waals surface area contributed by atoms with Gasteiger partial charge in [0.05, 0.1) is 39.6 Å². The number of rotatable bonds is 11. The van der Waals surface area contributed by atoms with Gasteiger partial charge in [-0.05, 0) is 35.7 Å². The zero-order chi connectivity index (χ0) is 31.2. The summed E-state index contributed by atoms with van der Waals surface area (Å²) in [6.07, 6.45) is 2.02. The number of carbonyl (C=O) groups excluding carboxylic acids is 1. The van der Waals surface area contributed by atoms with Crippen LogP contribution in [0.15, 0.2) is 109 Å². The van der Waals surface area contributed by atoms with Crippen LogP contribution in [0.5, 0.6) is 17.2 Å². The Kier molecular flexibility index (Phi) is 8.82. The van der Waals surface area contributed by atoms with Gasteiger partial charge in [-0.3, -0.25) is 0 Å². The van der Waals surface area contributed by atoms with Gasteiger partial charge in [-0.25, -0.2) is 4.79 Å². The fraction of sp³-hybridized carbons (Fsp3) is 0.184. The lowest BCUT2D eigenvalue weighted by atomic mass is 9.74. The first-order valence-electron chi connectivity index (χ1n) is 14.8. The van der Waals surface area contributed by atoms with Crippen molar-refractivity contribution >= 4 is 28.4 Å². The van der Waals surface area contributed by atoms with E-state index in [1.165, 1.54) is 0 Å². The minimum Gasteiger partial charge on any atom is -0.497 e. The van der Waals surface area contributed by atoms with Crippen LogP contribution >= 0.6 is 0 Å². The molecule has 0 atom stereocenters. The first-order valence-corrected chi connectivity index (χ1v) is 14.8. The van der Waals surface area contributed by atoms with Gasteiger partial charge in [0.25, 0.3) is 0 Å². The topological polar surface area (TPSA) is 83.5 Å². The Labute approximate surface area is 262 Å². The minimum atomic E-state index is -1.12. The van der Waals surface area contributed by atoms with E-state index in [-0.39, 0.29) is 26.4 Å². The van der Waals surface area contributed by atoms with Crippen molar-refractivity contribution in [3.63, 3.8) is 0 Å². The number of hydrogen-bond donors (Lipinski definition) is 1. The van der Waals surface area contributed by atoms with E-state index in [1.54, 1.807) is 14.2 Å². The number of esters is 1. The lowest BCUT2D eigenvalue weighted by molar-refractivity contribution is 0.0257. The Morgan fingerprint density at radius 2 is 1.47 bits per heavy atom. The van der Waals surface area contributed by atoms with Crippen molar-refractivity contribution in [1.82, 2.24) is 0 Å².